The van der Waals surface area contributed by atoms with Crippen molar-refractivity contribution >= 4 is 41.3 Å². The molecule has 4 amide bonds. The average molecular weight is 790 g/mol. The molecular formula is C44H67N7O6. The predicted molar refractivity (Wildman–Crippen MR) is 227 cm³/mol. The minimum absolute atomic E-state index is 0.287. The lowest BCUT2D eigenvalue weighted by Gasteiger charge is -2.27. The molecule has 2 saturated carbocycles. The summed E-state index contributed by atoms with van der Waals surface area (Å²) in [5.74, 6) is 0.210. The van der Waals surface area contributed by atoms with Crippen LogP contribution in [0.3, 0.4) is 0 Å². The van der Waals surface area contributed by atoms with Crippen molar-refractivity contribution in [3.8, 4) is 0 Å². The van der Waals surface area contributed by atoms with Gasteiger partial charge in [0.05, 0.1) is 6.04 Å². The second-order valence-electron chi connectivity index (χ2n) is 17.2. The summed E-state index contributed by atoms with van der Waals surface area (Å²) >= 11 is 0. The van der Waals surface area contributed by atoms with Crippen LogP contribution in [0.1, 0.15) is 146 Å². The quantitative estimate of drug-likeness (QED) is 0.0681. The molecule has 0 saturated heterocycles. The summed E-state index contributed by atoms with van der Waals surface area (Å²) in [6, 6.07) is 14.9. The van der Waals surface area contributed by atoms with Gasteiger partial charge in [0.1, 0.15) is 11.2 Å². The molecule has 5 N–H and O–H groups in total. The number of anilines is 2. The standard InChI is InChI=1S/C44H67N7O6/c1-43(2,3)56-41(54)46-26-13-14-28-51(42(55)57-44(4,5)6)29-17-27-45-38(52)32-18-15-24-36(30-32)47-39(53)33-19-16-25-37(31-33)50-40(48-34-20-9-7-10-21-34)49-35-22-11-8-12-23-35/h15-16,18-19,24-25,30-31,34-35H,7-14,17,20-23,26-29H2,1-6H3,(H,45,52)(H,46,54)(H,47,53)(H2,48,49,50). The Morgan fingerprint density at radius 2 is 1.23 bits per heavy atom. The Balaban J connectivity index is 1.28. The zero-order chi connectivity index (χ0) is 41.3. The van der Waals surface area contributed by atoms with Crippen LogP contribution in [-0.2, 0) is 9.47 Å². The molecule has 13 heteroatoms. The Bertz CT molecular complexity index is 1640. The van der Waals surface area contributed by atoms with E-state index in [2.05, 4.69) is 26.6 Å². The van der Waals surface area contributed by atoms with E-state index >= 15 is 0 Å². The highest BCUT2D eigenvalue weighted by Crippen LogP contribution is 2.23. The van der Waals surface area contributed by atoms with Gasteiger partial charge < -0.3 is 41.0 Å². The van der Waals surface area contributed by atoms with Gasteiger partial charge in [-0.15, -0.1) is 0 Å². The van der Waals surface area contributed by atoms with Crippen LogP contribution in [0, 0.1) is 0 Å². The summed E-state index contributed by atoms with van der Waals surface area (Å²) in [4.78, 5) is 58.2. The minimum Gasteiger partial charge on any atom is -0.444 e. The number of hydrogen-bond donors (Lipinski definition) is 5. The molecule has 2 aliphatic rings. The highest BCUT2D eigenvalue weighted by molar-refractivity contribution is 6.06. The van der Waals surface area contributed by atoms with E-state index in [0.29, 0.717) is 74.3 Å². The van der Waals surface area contributed by atoms with Crippen LogP contribution in [-0.4, -0.2) is 84.3 Å². The van der Waals surface area contributed by atoms with E-state index < -0.39 is 23.4 Å². The minimum atomic E-state index is -0.653. The first kappa shape index (κ1) is 44.9. The smallest absolute Gasteiger partial charge is 0.410 e. The van der Waals surface area contributed by atoms with Crippen LogP contribution < -0.4 is 26.6 Å². The number of carbonyl (C=O) groups excluding carboxylic acids is 4. The van der Waals surface area contributed by atoms with Gasteiger partial charge in [0.25, 0.3) is 11.8 Å². The summed E-state index contributed by atoms with van der Waals surface area (Å²) in [7, 11) is 0. The van der Waals surface area contributed by atoms with E-state index in [9.17, 15) is 19.2 Å². The molecule has 0 aromatic heterocycles. The lowest BCUT2D eigenvalue weighted by molar-refractivity contribution is 0.0243. The van der Waals surface area contributed by atoms with Gasteiger partial charge >= 0.3 is 12.2 Å². The monoisotopic (exact) mass is 790 g/mol. The van der Waals surface area contributed by atoms with E-state index in [-0.39, 0.29) is 11.8 Å². The molecule has 0 atom stereocenters. The van der Waals surface area contributed by atoms with E-state index in [4.69, 9.17) is 14.5 Å². The molecule has 0 unspecified atom stereocenters. The van der Waals surface area contributed by atoms with Crippen LogP contribution in [0.25, 0.3) is 0 Å². The molecule has 0 aliphatic heterocycles. The molecule has 13 nitrogen and oxygen atoms in total. The van der Waals surface area contributed by atoms with Crippen LogP contribution in [0.4, 0.5) is 21.0 Å². The SMILES string of the molecule is CC(C)(C)OC(=O)NCCCCN(CCCNC(=O)c1cccc(NC(=O)c2cccc(NC(=NC3CCCCC3)NC3CCCCC3)c2)c1)C(=O)OC(C)(C)C. The summed E-state index contributed by atoms with van der Waals surface area (Å²) in [5, 5.41) is 15.8. The van der Waals surface area contributed by atoms with Crippen LogP contribution >= 0.6 is 0 Å². The number of aliphatic imine (C=N–C) groups is 1. The number of guanidine groups is 1. The number of nitrogens with one attached hydrogen (secondary N) is 5. The van der Waals surface area contributed by atoms with Gasteiger partial charge in [-0.25, -0.2) is 14.6 Å². The van der Waals surface area contributed by atoms with Crippen molar-refractivity contribution in [2.24, 2.45) is 4.99 Å². The highest BCUT2D eigenvalue weighted by atomic mass is 16.6. The molecule has 0 spiro atoms. The third-order valence-electron chi connectivity index (χ3n) is 9.67. The third-order valence-corrected chi connectivity index (χ3v) is 9.67. The van der Waals surface area contributed by atoms with Crippen molar-refractivity contribution in [2.45, 2.75) is 148 Å². The van der Waals surface area contributed by atoms with Crippen LogP contribution in [0.15, 0.2) is 53.5 Å². The zero-order valence-electron chi connectivity index (χ0n) is 35.1. The molecule has 2 aromatic carbocycles. The molecule has 314 valence electrons. The summed E-state index contributed by atoms with van der Waals surface area (Å²) in [6.07, 6.45) is 12.8. The summed E-state index contributed by atoms with van der Waals surface area (Å²) < 4.78 is 10.9. The lowest BCUT2D eigenvalue weighted by Crippen LogP contribution is -2.41. The molecule has 0 heterocycles. The largest absolute Gasteiger partial charge is 0.444 e. The van der Waals surface area contributed by atoms with Gasteiger partial charge in [0.15, 0.2) is 5.96 Å². The topological polar surface area (TPSA) is 162 Å². The fourth-order valence-electron chi connectivity index (χ4n) is 6.88. The number of amides is 4. The highest BCUT2D eigenvalue weighted by Gasteiger charge is 2.23. The molecule has 2 fully saturated rings. The van der Waals surface area contributed by atoms with Crippen molar-refractivity contribution in [2.75, 3.05) is 36.8 Å². The summed E-state index contributed by atoms with van der Waals surface area (Å²) in [6.45, 7) is 12.4. The Morgan fingerprint density at radius 1 is 0.667 bits per heavy atom. The van der Waals surface area contributed by atoms with Gasteiger partial charge in [0.2, 0.25) is 0 Å². The van der Waals surface area contributed by atoms with Gasteiger partial charge in [-0.1, -0.05) is 50.7 Å². The zero-order valence-corrected chi connectivity index (χ0v) is 35.1. The van der Waals surface area contributed by atoms with Crippen LogP contribution in [0.5, 0.6) is 0 Å². The number of unbranched alkanes of at least 4 members (excludes halogenated alkanes) is 1. The molecule has 57 heavy (non-hydrogen) atoms. The number of alkyl carbamates (subject to hydrolysis) is 1. The molecule has 4 rings (SSSR count). The number of rotatable bonds is 15. The lowest BCUT2D eigenvalue weighted by atomic mass is 9.95. The van der Waals surface area contributed by atoms with Gasteiger partial charge in [-0.05, 0) is 123 Å². The molecule has 0 radical (unpaired) electrons. The second kappa shape index (κ2) is 22.2. The normalized spacial score (nSPS) is 15.6. The molecular weight excluding hydrogens is 723 g/mol. The fourth-order valence-corrected chi connectivity index (χ4v) is 6.88. The number of ether oxygens (including phenoxy) is 2. The first-order chi connectivity index (χ1) is 27.1. The van der Waals surface area contributed by atoms with Crippen molar-refractivity contribution < 1.29 is 28.7 Å². The van der Waals surface area contributed by atoms with E-state index in [1.54, 1.807) is 35.2 Å². The Kier molecular flexibility index (Phi) is 17.5. The van der Waals surface area contributed by atoms with E-state index in [0.717, 1.165) is 37.3 Å². The first-order valence-electron chi connectivity index (χ1n) is 21.0. The Labute approximate surface area is 339 Å². The second-order valence-corrected chi connectivity index (χ2v) is 17.2. The number of nitrogens with zero attached hydrogens (tertiary/aromatic N) is 2. The van der Waals surface area contributed by atoms with Crippen LogP contribution in [0.2, 0.25) is 0 Å². The maximum atomic E-state index is 13.4. The van der Waals surface area contributed by atoms with Crippen molar-refractivity contribution in [3.63, 3.8) is 0 Å². The van der Waals surface area contributed by atoms with Gasteiger partial charge in [0, 0.05) is 54.7 Å². The van der Waals surface area contributed by atoms with E-state index in [1.807, 2.05) is 59.7 Å². The Hall–Kier alpha value is -4.81. The average Bonchev–Trinajstić information content (AvgIpc) is 3.15. The third kappa shape index (κ3) is 17.5. The number of carbonyl (C=O) groups is 4. The maximum absolute atomic E-state index is 13.4. The van der Waals surface area contributed by atoms with Crippen molar-refractivity contribution in [3.05, 3.63) is 59.7 Å². The Morgan fingerprint density at radius 3 is 1.86 bits per heavy atom. The molecule has 2 aliphatic carbocycles. The van der Waals surface area contributed by atoms with E-state index in [1.165, 1.54) is 38.5 Å². The van der Waals surface area contributed by atoms with Crippen molar-refractivity contribution in [1.29, 1.82) is 0 Å². The van der Waals surface area contributed by atoms with Gasteiger partial charge in [-0.2, -0.15) is 0 Å². The number of hydrogen-bond acceptors (Lipinski definition) is 7. The molecule has 0 bridgehead atoms. The molecule has 2 aromatic rings. The predicted octanol–water partition coefficient (Wildman–Crippen LogP) is 8.62. The maximum Gasteiger partial charge on any atom is 0.410 e. The van der Waals surface area contributed by atoms with Crippen molar-refractivity contribution in [1.82, 2.24) is 20.9 Å². The fraction of sp³-hybridized carbons (Fsp3) is 0.614. The summed E-state index contributed by atoms with van der Waals surface area (Å²) in [5.41, 5.74) is 0.952. The van der Waals surface area contributed by atoms with Gasteiger partial charge in [-0.3, -0.25) is 9.59 Å². The number of benzene rings is 2. The first-order valence-corrected chi connectivity index (χ1v) is 21.0.